The minimum Gasteiger partial charge on any atom is -0.393 e. The molecule has 0 saturated heterocycles. The standard InChI is InChI=1S/C13H17BrClNO3S/c14-10-4-5-13(12(15)7-10)20(18,19)16-8-9-2-1-3-11(17)6-9/h4-5,7,9,11,16-17H,1-3,6,8H2. The van der Waals surface area contributed by atoms with Crippen molar-refractivity contribution in [2.75, 3.05) is 6.54 Å². The van der Waals surface area contributed by atoms with Crippen molar-refractivity contribution in [2.24, 2.45) is 5.92 Å². The molecule has 1 aliphatic rings. The third kappa shape index (κ3) is 4.18. The molecule has 7 heteroatoms. The SMILES string of the molecule is O=S(=O)(NCC1CCCC(O)C1)c1ccc(Br)cc1Cl. The van der Waals surface area contributed by atoms with Gasteiger partial charge in [0.05, 0.1) is 11.1 Å². The first-order valence-electron chi connectivity index (χ1n) is 6.51. The lowest BCUT2D eigenvalue weighted by Gasteiger charge is -2.25. The summed E-state index contributed by atoms with van der Waals surface area (Å²) in [6.07, 6.45) is 3.02. The minimum absolute atomic E-state index is 0.0822. The van der Waals surface area contributed by atoms with Gasteiger partial charge in [-0.3, -0.25) is 0 Å². The molecular weight excluding hydrogens is 366 g/mol. The van der Waals surface area contributed by atoms with Crippen molar-refractivity contribution in [1.82, 2.24) is 4.72 Å². The van der Waals surface area contributed by atoms with E-state index >= 15 is 0 Å². The van der Waals surface area contributed by atoms with E-state index in [0.29, 0.717) is 13.0 Å². The Kier molecular flexibility index (Phi) is 5.48. The average molecular weight is 383 g/mol. The predicted molar refractivity (Wildman–Crippen MR) is 82.3 cm³/mol. The Morgan fingerprint density at radius 2 is 2.15 bits per heavy atom. The smallest absolute Gasteiger partial charge is 0.242 e. The van der Waals surface area contributed by atoms with E-state index in [4.69, 9.17) is 11.6 Å². The van der Waals surface area contributed by atoms with Gasteiger partial charge >= 0.3 is 0 Å². The van der Waals surface area contributed by atoms with Crippen molar-refractivity contribution >= 4 is 37.6 Å². The zero-order chi connectivity index (χ0) is 14.8. The third-order valence-electron chi connectivity index (χ3n) is 3.50. The normalized spacial score (nSPS) is 23.8. The number of nitrogens with one attached hydrogen (secondary N) is 1. The number of rotatable bonds is 4. The zero-order valence-corrected chi connectivity index (χ0v) is 14.0. The maximum Gasteiger partial charge on any atom is 0.242 e. The Morgan fingerprint density at radius 1 is 1.40 bits per heavy atom. The van der Waals surface area contributed by atoms with Crippen molar-refractivity contribution in [1.29, 1.82) is 0 Å². The van der Waals surface area contributed by atoms with E-state index < -0.39 is 10.0 Å². The van der Waals surface area contributed by atoms with Crippen LogP contribution in [0.3, 0.4) is 0 Å². The molecule has 1 aliphatic carbocycles. The summed E-state index contributed by atoms with van der Waals surface area (Å²) in [5.41, 5.74) is 0. The molecule has 0 amide bonds. The molecule has 4 nitrogen and oxygen atoms in total. The molecule has 1 saturated carbocycles. The number of sulfonamides is 1. The summed E-state index contributed by atoms with van der Waals surface area (Å²) in [7, 11) is -3.61. The Labute approximate surface area is 132 Å². The fraction of sp³-hybridized carbons (Fsp3) is 0.538. The quantitative estimate of drug-likeness (QED) is 0.841. The van der Waals surface area contributed by atoms with Gasteiger partial charge in [-0.15, -0.1) is 0 Å². The van der Waals surface area contributed by atoms with Crippen LogP contribution in [0.4, 0.5) is 0 Å². The lowest BCUT2D eigenvalue weighted by atomic mass is 9.87. The minimum atomic E-state index is -3.61. The van der Waals surface area contributed by atoms with E-state index in [9.17, 15) is 13.5 Å². The fourth-order valence-corrected chi connectivity index (χ4v) is 4.60. The van der Waals surface area contributed by atoms with Crippen LogP contribution in [0.2, 0.25) is 5.02 Å². The number of benzene rings is 1. The molecule has 0 heterocycles. The van der Waals surface area contributed by atoms with Crippen LogP contribution < -0.4 is 4.72 Å². The molecule has 1 fully saturated rings. The van der Waals surface area contributed by atoms with Crippen LogP contribution in [0.1, 0.15) is 25.7 Å². The Bertz CT molecular complexity index is 579. The van der Waals surface area contributed by atoms with Crippen LogP contribution in [0.25, 0.3) is 0 Å². The van der Waals surface area contributed by atoms with Gasteiger partial charge in [-0.1, -0.05) is 34.0 Å². The first-order valence-corrected chi connectivity index (χ1v) is 9.16. The van der Waals surface area contributed by atoms with Crippen molar-refractivity contribution in [2.45, 2.75) is 36.7 Å². The molecule has 0 aromatic heterocycles. The number of halogens is 2. The van der Waals surface area contributed by atoms with Gasteiger partial charge in [0.15, 0.2) is 0 Å². The van der Waals surface area contributed by atoms with Crippen molar-refractivity contribution < 1.29 is 13.5 Å². The molecule has 0 radical (unpaired) electrons. The van der Waals surface area contributed by atoms with Crippen molar-refractivity contribution in [3.05, 3.63) is 27.7 Å². The molecule has 2 rings (SSSR count). The molecule has 20 heavy (non-hydrogen) atoms. The highest BCUT2D eigenvalue weighted by molar-refractivity contribution is 9.10. The summed E-state index contributed by atoms with van der Waals surface area (Å²) < 4.78 is 27.8. The second-order valence-electron chi connectivity index (χ2n) is 5.11. The van der Waals surface area contributed by atoms with Gasteiger partial charge < -0.3 is 5.11 Å². The Hall–Kier alpha value is -0.140. The van der Waals surface area contributed by atoms with Gasteiger partial charge in [0.1, 0.15) is 4.90 Å². The third-order valence-corrected chi connectivity index (χ3v) is 5.90. The molecular formula is C13H17BrClNO3S. The highest BCUT2D eigenvalue weighted by atomic mass is 79.9. The van der Waals surface area contributed by atoms with Crippen LogP contribution in [-0.4, -0.2) is 26.2 Å². The molecule has 1 aromatic carbocycles. The molecule has 0 bridgehead atoms. The van der Waals surface area contributed by atoms with Crippen LogP contribution >= 0.6 is 27.5 Å². The van der Waals surface area contributed by atoms with Gasteiger partial charge in [-0.05, 0) is 43.4 Å². The molecule has 0 spiro atoms. The van der Waals surface area contributed by atoms with Crippen LogP contribution in [0, 0.1) is 5.92 Å². The first kappa shape index (κ1) is 16.2. The number of hydrogen-bond donors (Lipinski definition) is 2. The Morgan fingerprint density at radius 3 is 2.80 bits per heavy atom. The van der Waals surface area contributed by atoms with Crippen LogP contribution in [0.5, 0.6) is 0 Å². The van der Waals surface area contributed by atoms with Gasteiger partial charge in [-0.2, -0.15) is 0 Å². The summed E-state index contributed by atoms with van der Waals surface area (Å²) >= 11 is 9.21. The monoisotopic (exact) mass is 381 g/mol. The van der Waals surface area contributed by atoms with Crippen molar-refractivity contribution in [3.8, 4) is 0 Å². The highest BCUT2D eigenvalue weighted by Gasteiger charge is 2.23. The summed E-state index contributed by atoms with van der Waals surface area (Å²) in [6.45, 7) is 0.339. The summed E-state index contributed by atoms with van der Waals surface area (Å²) in [6, 6.07) is 4.68. The lowest BCUT2D eigenvalue weighted by molar-refractivity contribution is 0.102. The van der Waals surface area contributed by atoms with E-state index in [2.05, 4.69) is 20.7 Å². The summed E-state index contributed by atoms with van der Waals surface area (Å²) in [5.74, 6) is 0.183. The fourth-order valence-electron chi connectivity index (χ4n) is 2.45. The van der Waals surface area contributed by atoms with Gasteiger partial charge in [0.2, 0.25) is 10.0 Å². The Balaban J connectivity index is 2.03. The first-order chi connectivity index (χ1) is 9.38. The highest BCUT2D eigenvalue weighted by Crippen LogP contribution is 2.27. The maximum absolute atomic E-state index is 12.2. The van der Waals surface area contributed by atoms with Crippen LogP contribution in [-0.2, 0) is 10.0 Å². The molecule has 2 unspecified atom stereocenters. The largest absolute Gasteiger partial charge is 0.393 e. The van der Waals surface area contributed by atoms with Gasteiger partial charge in [-0.25, -0.2) is 13.1 Å². The molecule has 2 atom stereocenters. The summed E-state index contributed by atoms with van der Waals surface area (Å²) in [5, 5.41) is 9.79. The van der Waals surface area contributed by atoms with E-state index in [1.165, 1.54) is 6.07 Å². The molecule has 0 aliphatic heterocycles. The zero-order valence-electron chi connectivity index (χ0n) is 10.9. The average Bonchev–Trinajstić information content (AvgIpc) is 2.36. The van der Waals surface area contributed by atoms with E-state index in [-0.39, 0.29) is 21.9 Å². The van der Waals surface area contributed by atoms with Gasteiger partial charge in [0.25, 0.3) is 0 Å². The second-order valence-corrected chi connectivity index (χ2v) is 8.17. The topological polar surface area (TPSA) is 66.4 Å². The molecule has 1 aromatic rings. The maximum atomic E-state index is 12.2. The van der Waals surface area contributed by atoms with E-state index in [1.807, 2.05) is 0 Å². The van der Waals surface area contributed by atoms with E-state index in [0.717, 1.165) is 23.7 Å². The van der Waals surface area contributed by atoms with Crippen LogP contribution in [0.15, 0.2) is 27.6 Å². The molecule has 2 N–H and O–H groups in total. The lowest BCUT2D eigenvalue weighted by Crippen LogP contribution is -2.33. The second kappa shape index (κ2) is 6.75. The van der Waals surface area contributed by atoms with E-state index in [1.54, 1.807) is 12.1 Å². The van der Waals surface area contributed by atoms with Crippen molar-refractivity contribution in [3.63, 3.8) is 0 Å². The van der Waals surface area contributed by atoms with Gasteiger partial charge in [0, 0.05) is 11.0 Å². The number of aliphatic hydroxyl groups excluding tert-OH is 1. The predicted octanol–water partition coefficient (Wildman–Crippen LogP) is 2.93. The number of aliphatic hydroxyl groups is 1. The summed E-state index contributed by atoms with van der Waals surface area (Å²) in [4.78, 5) is 0.0822. The number of hydrogen-bond acceptors (Lipinski definition) is 3. The molecule has 112 valence electrons.